The van der Waals surface area contributed by atoms with Crippen molar-refractivity contribution in [2.75, 3.05) is 18.4 Å². The normalized spacial score (nSPS) is 14.3. The molecule has 0 bridgehead atoms. The molecule has 2 aromatic carbocycles. The molecule has 33 heavy (non-hydrogen) atoms. The van der Waals surface area contributed by atoms with Crippen molar-refractivity contribution in [3.05, 3.63) is 58.9 Å². The minimum Gasteiger partial charge on any atom is -0.475 e. The number of aromatic nitrogens is 2. The van der Waals surface area contributed by atoms with E-state index in [9.17, 15) is 22.8 Å². The highest BCUT2D eigenvalue weighted by molar-refractivity contribution is 5.96. The minimum absolute atomic E-state index is 0.0481. The Morgan fingerprint density at radius 3 is 2.30 bits per heavy atom. The van der Waals surface area contributed by atoms with E-state index in [1.54, 1.807) is 6.07 Å². The molecule has 1 aromatic heterocycles. The van der Waals surface area contributed by atoms with Crippen molar-refractivity contribution in [2.24, 2.45) is 5.92 Å². The molecule has 0 saturated carbocycles. The lowest BCUT2D eigenvalue weighted by Crippen LogP contribution is -2.34. The van der Waals surface area contributed by atoms with E-state index in [4.69, 9.17) is 9.90 Å². The van der Waals surface area contributed by atoms with Crippen molar-refractivity contribution < 1.29 is 27.9 Å². The van der Waals surface area contributed by atoms with E-state index < -0.39 is 12.1 Å². The summed E-state index contributed by atoms with van der Waals surface area (Å²) in [4.78, 5) is 33.3. The number of anilines is 1. The van der Waals surface area contributed by atoms with E-state index in [0.29, 0.717) is 11.1 Å². The second-order valence-electron chi connectivity index (χ2n) is 7.34. The Morgan fingerprint density at radius 1 is 1.03 bits per heavy atom. The van der Waals surface area contributed by atoms with E-state index in [1.807, 2.05) is 42.5 Å². The van der Waals surface area contributed by atoms with Gasteiger partial charge in [-0.25, -0.2) is 9.89 Å². The number of amides is 1. The summed E-state index contributed by atoms with van der Waals surface area (Å²) in [6, 6.07) is 15.0. The van der Waals surface area contributed by atoms with Crippen molar-refractivity contribution in [3.8, 4) is 11.3 Å². The summed E-state index contributed by atoms with van der Waals surface area (Å²) in [5, 5.41) is 21.6. The van der Waals surface area contributed by atoms with Crippen molar-refractivity contribution in [3.63, 3.8) is 0 Å². The number of piperidine rings is 1. The number of hydrogen-bond acceptors (Lipinski definition) is 5. The van der Waals surface area contributed by atoms with Crippen LogP contribution in [-0.2, 0) is 9.59 Å². The van der Waals surface area contributed by atoms with Crippen LogP contribution in [-0.4, -0.2) is 46.4 Å². The Balaban J connectivity index is 0.000000383. The molecule has 0 spiro atoms. The first-order valence-electron chi connectivity index (χ1n) is 10.1. The molecule has 2 heterocycles. The molecule has 1 amide bonds. The van der Waals surface area contributed by atoms with Gasteiger partial charge in [0, 0.05) is 22.6 Å². The molecule has 3 aromatic rings. The first kappa shape index (κ1) is 23.9. The zero-order valence-corrected chi connectivity index (χ0v) is 17.3. The lowest BCUT2D eigenvalue weighted by Gasteiger charge is -2.21. The smallest absolute Gasteiger partial charge is 0.475 e. The topological polar surface area (TPSA) is 124 Å². The summed E-state index contributed by atoms with van der Waals surface area (Å²) >= 11 is 0. The van der Waals surface area contributed by atoms with E-state index in [1.165, 1.54) is 0 Å². The first-order chi connectivity index (χ1) is 15.7. The molecular weight excluding hydrogens is 441 g/mol. The lowest BCUT2D eigenvalue weighted by atomic mass is 9.97. The molecule has 1 saturated heterocycles. The van der Waals surface area contributed by atoms with Crippen LogP contribution < -0.4 is 16.2 Å². The van der Waals surface area contributed by atoms with Crippen LogP contribution in [0.4, 0.5) is 18.9 Å². The molecular formula is C22H21F3N4O4. The van der Waals surface area contributed by atoms with Gasteiger partial charge < -0.3 is 15.7 Å². The molecule has 174 valence electrons. The van der Waals surface area contributed by atoms with Crippen molar-refractivity contribution >= 4 is 28.3 Å². The van der Waals surface area contributed by atoms with E-state index in [2.05, 4.69) is 20.8 Å². The zero-order chi connectivity index (χ0) is 24.0. The van der Waals surface area contributed by atoms with Crippen LogP contribution in [0.5, 0.6) is 0 Å². The van der Waals surface area contributed by atoms with Crippen LogP contribution in [0.2, 0.25) is 0 Å². The number of fused-ring (bicyclic) bond motifs is 1. The van der Waals surface area contributed by atoms with Gasteiger partial charge in [-0.2, -0.15) is 18.3 Å². The van der Waals surface area contributed by atoms with Gasteiger partial charge in [-0.3, -0.25) is 9.59 Å². The predicted molar refractivity (Wildman–Crippen MR) is 116 cm³/mol. The quantitative estimate of drug-likeness (QED) is 0.474. The summed E-state index contributed by atoms with van der Waals surface area (Å²) in [5.41, 5.74) is 2.07. The Kier molecular flexibility index (Phi) is 7.44. The fourth-order valence-electron chi connectivity index (χ4n) is 3.41. The standard InChI is InChI=1S/C20H20N4O2.C2HF3O2/c25-19(13-8-10-21-11-9-13)22-15-5-3-4-14(12-15)18-16-6-1-2-7-17(16)20(26)24-23-18;3-2(4,5)1(6)7/h1-7,12-13,21H,8-11H2,(H,22,25)(H,24,26);(H,6,7). The average molecular weight is 462 g/mol. The summed E-state index contributed by atoms with van der Waals surface area (Å²) in [6.07, 6.45) is -3.37. The third-order valence-electron chi connectivity index (χ3n) is 5.05. The third-order valence-corrected chi connectivity index (χ3v) is 5.05. The van der Waals surface area contributed by atoms with Gasteiger partial charge in [0.05, 0.1) is 11.1 Å². The number of hydrogen-bond donors (Lipinski definition) is 4. The highest BCUT2D eigenvalue weighted by Crippen LogP contribution is 2.26. The number of carboxylic acid groups (broad SMARTS) is 1. The molecule has 8 nitrogen and oxygen atoms in total. The minimum atomic E-state index is -5.08. The number of H-pyrrole nitrogens is 1. The van der Waals surface area contributed by atoms with Gasteiger partial charge in [0.1, 0.15) is 0 Å². The van der Waals surface area contributed by atoms with Crippen LogP contribution in [0, 0.1) is 5.92 Å². The molecule has 0 atom stereocenters. The highest BCUT2D eigenvalue weighted by atomic mass is 19.4. The van der Waals surface area contributed by atoms with Gasteiger partial charge in [-0.05, 0) is 44.1 Å². The molecule has 4 N–H and O–H groups in total. The number of carbonyl (C=O) groups is 2. The number of aromatic amines is 1. The summed E-state index contributed by atoms with van der Waals surface area (Å²) in [6.45, 7) is 1.76. The van der Waals surface area contributed by atoms with Gasteiger partial charge in [-0.15, -0.1) is 0 Å². The Hall–Kier alpha value is -3.73. The van der Waals surface area contributed by atoms with Gasteiger partial charge in [0.2, 0.25) is 5.91 Å². The Bertz CT molecular complexity index is 1200. The molecule has 4 rings (SSSR count). The molecule has 0 radical (unpaired) electrons. The van der Waals surface area contributed by atoms with Crippen LogP contribution in [0.1, 0.15) is 12.8 Å². The van der Waals surface area contributed by atoms with Gasteiger partial charge in [0.15, 0.2) is 0 Å². The molecule has 1 aliphatic rings. The molecule has 1 aliphatic heterocycles. The number of alkyl halides is 3. The number of nitrogens with zero attached hydrogens (tertiary/aromatic N) is 1. The number of nitrogens with one attached hydrogen (secondary N) is 3. The number of halogens is 3. The summed E-state index contributed by atoms with van der Waals surface area (Å²) < 4.78 is 31.7. The maximum Gasteiger partial charge on any atom is 0.490 e. The monoisotopic (exact) mass is 462 g/mol. The number of carboxylic acids is 1. The number of benzene rings is 2. The number of rotatable bonds is 3. The Labute approximate surface area is 185 Å². The van der Waals surface area contributed by atoms with E-state index in [-0.39, 0.29) is 17.4 Å². The third kappa shape index (κ3) is 6.16. The fraction of sp³-hybridized carbons (Fsp3) is 0.273. The van der Waals surface area contributed by atoms with Crippen LogP contribution in [0.25, 0.3) is 22.0 Å². The van der Waals surface area contributed by atoms with Gasteiger partial charge in [0.25, 0.3) is 5.56 Å². The lowest BCUT2D eigenvalue weighted by molar-refractivity contribution is -0.192. The zero-order valence-electron chi connectivity index (χ0n) is 17.3. The van der Waals surface area contributed by atoms with Crippen LogP contribution >= 0.6 is 0 Å². The second kappa shape index (κ2) is 10.3. The maximum atomic E-state index is 12.5. The highest BCUT2D eigenvalue weighted by Gasteiger charge is 2.38. The number of aliphatic carboxylic acids is 1. The number of carbonyl (C=O) groups excluding carboxylic acids is 1. The SMILES string of the molecule is O=C(Nc1cccc(-c2n[nH]c(=O)c3ccccc23)c1)C1CCNCC1.O=C(O)C(F)(F)F. The average Bonchev–Trinajstić information content (AvgIpc) is 2.80. The van der Waals surface area contributed by atoms with E-state index >= 15 is 0 Å². The molecule has 0 aliphatic carbocycles. The summed E-state index contributed by atoms with van der Waals surface area (Å²) in [5.74, 6) is -2.65. The fourth-order valence-corrected chi connectivity index (χ4v) is 3.41. The maximum absolute atomic E-state index is 12.5. The Morgan fingerprint density at radius 2 is 1.67 bits per heavy atom. The largest absolute Gasteiger partial charge is 0.490 e. The van der Waals surface area contributed by atoms with E-state index in [0.717, 1.165) is 42.6 Å². The predicted octanol–water partition coefficient (Wildman–Crippen LogP) is 3.16. The molecule has 11 heteroatoms. The van der Waals surface area contributed by atoms with Gasteiger partial charge in [-0.1, -0.05) is 30.3 Å². The van der Waals surface area contributed by atoms with Crippen molar-refractivity contribution in [1.82, 2.24) is 15.5 Å². The van der Waals surface area contributed by atoms with Crippen LogP contribution in [0.15, 0.2) is 53.3 Å². The van der Waals surface area contributed by atoms with Crippen molar-refractivity contribution in [2.45, 2.75) is 19.0 Å². The first-order valence-corrected chi connectivity index (χ1v) is 10.1. The second-order valence-corrected chi connectivity index (χ2v) is 7.34. The van der Waals surface area contributed by atoms with Gasteiger partial charge >= 0.3 is 12.1 Å². The molecule has 1 fully saturated rings. The summed E-state index contributed by atoms with van der Waals surface area (Å²) in [7, 11) is 0. The van der Waals surface area contributed by atoms with Crippen LogP contribution in [0.3, 0.4) is 0 Å². The molecule has 0 unspecified atom stereocenters. The van der Waals surface area contributed by atoms with Crippen molar-refractivity contribution in [1.29, 1.82) is 0 Å².